The minimum atomic E-state index is -1.82. The second-order valence-corrected chi connectivity index (χ2v) is 5.77. The van der Waals surface area contributed by atoms with E-state index in [9.17, 15) is 10.3 Å². The molecule has 26 heavy (non-hydrogen) atoms. The Morgan fingerprint density at radius 3 is 2.19 bits per heavy atom. The second kappa shape index (κ2) is 10.3. The second-order valence-electron chi connectivity index (χ2n) is 5.77. The van der Waals surface area contributed by atoms with Crippen molar-refractivity contribution in [1.82, 2.24) is 5.06 Å². The maximum Gasteiger partial charge on any atom is 0.414 e. The molecule has 0 aromatic heterocycles. The summed E-state index contributed by atoms with van der Waals surface area (Å²) in [6.45, 7) is 4.04. The van der Waals surface area contributed by atoms with Gasteiger partial charge in [-0.15, -0.1) is 0 Å². The number of carboxylic acid groups (broad SMARTS) is 2. The van der Waals surface area contributed by atoms with E-state index in [4.69, 9.17) is 24.5 Å². The maximum atomic E-state index is 9.88. The van der Waals surface area contributed by atoms with Crippen molar-refractivity contribution < 1.29 is 34.9 Å². The highest BCUT2D eigenvalue weighted by Crippen LogP contribution is 2.25. The fraction of sp³-hybridized carbons (Fsp3) is 0.333. The summed E-state index contributed by atoms with van der Waals surface area (Å²) in [5.41, 5.74) is 0. The van der Waals surface area contributed by atoms with Gasteiger partial charge in [0.2, 0.25) is 0 Å². The van der Waals surface area contributed by atoms with Gasteiger partial charge in [0.05, 0.1) is 6.54 Å². The van der Waals surface area contributed by atoms with E-state index in [-0.39, 0.29) is 19.2 Å². The zero-order chi connectivity index (χ0) is 19.7. The molecule has 0 aliphatic rings. The average Bonchev–Trinajstić information content (AvgIpc) is 2.60. The summed E-state index contributed by atoms with van der Waals surface area (Å²) in [6, 6.07) is 13.8. The van der Waals surface area contributed by atoms with Gasteiger partial charge in [0.25, 0.3) is 0 Å². The van der Waals surface area contributed by atoms with Crippen LogP contribution in [-0.2, 0) is 9.59 Å². The van der Waals surface area contributed by atoms with Gasteiger partial charge in [0.1, 0.15) is 18.5 Å². The molecule has 0 bridgehead atoms. The van der Waals surface area contributed by atoms with E-state index < -0.39 is 18.0 Å². The minimum absolute atomic E-state index is 0.0257. The molecule has 2 aromatic carbocycles. The third-order valence-electron chi connectivity index (χ3n) is 3.36. The molecule has 1 atom stereocenters. The number of hydrogen-bond donors (Lipinski definition) is 4. The maximum absolute atomic E-state index is 9.88. The zero-order valence-corrected chi connectivity index (χ0v) is 14.6. The van der Waals surface area contributed by atoms with E-state index in [1.807, 2.05) is 56.3 Å². The van der Waals surface area contributed by atoms with Gasteiger partial charge < -0.3 is 25.3 Å². The lowest BCUT2D eigenvalue weighted by Crippen LogP contribution is -2.37. The van der Waals surface area contributed by atoms with Crippen molar-refractivity contribution in [1.29, 1.82) is 0 Å². The normalized spacial score (nSPS) is 11.8. The topological polar surface area (TPSA) is 128 Å². The fourth-order valence-corrected chi connectivity index (χ4v) is 1.99. The standard InChI is InChI=1S/C16H21NO3.C2H2O4/c1-12(2)17(19)10-14(18)11-20-16-9-5-7-13-6-3-4-8-15(13)16;3-1(4)2(5)6/h3-9,12,14,18-19H,10-11H2,1-2H3;(H,3,4)(H,5,6). The van der Waals surface area contributed by atoms with Crippen LogP contribution in [0, 0.1) is 0 Å². The molecule has 0 aliphatic carbocycles. The van der Waals surface area contributed by atoms with Crippen molar-refractivity contribution in [2.24, 2.45) is 0 Å². The lowest BCUT2D eigenvalue weighted by atomic mass is 10.1. The first-order valence-corrected chi connectivity index (χ1v) is 7.92. The van der Waals surface area contributed by atoms with E-state index in [1.165, 1.54) is 0 Å². The molecule has 0 radical (unpaired) electrons. The van der Waals surface area contributed by atoms with E-state index in [0.717, 1.165) is 21.6 Å². The van der Waals surface area contributed by atoms with Crippen LogP contribution in [0.15, 0.2) is 42.5 Å². The molecule has 0 heterocycles. The lowest BCUT2D eigenvalue weighted by Gasteiger charge is -2.22. The molecule has 2 aromatic rings. The van der Waals surface area contributed by atoms with E-state index in [1.54, 1.807) is 0 Å². The van der Waals surface area contributed by atoms with Gasteiger partial charge in [-0.3, -0.25) is 0 Å². The Bertz CT molecular complexity index is 715. The number of aliphatic carboxylic acids is 2. The van der Waals surface area contributed by atoms with Crippen LogP contribution in [0.2, 0.25) is 0 Å². The van der Waals surface area contributed by atoms with Crippen molar-refractivity contribution in [3.63, 3.8) is 0 Å². The summed E-state index contributed by atoms with van der Waals surface area (Å²) in [5.74, 6) is -2.90. The van der Waals surface area contributed by atoms with Crippen LogP contribution in [0.25, 0.3) is 10.8 Å². The number of nitrogens with zero attached hydrogens (tertiary/aromatic N) is 1. The molecular weight excluding hydrogens is 342 g/mol. The van der Waals surface area contributed by atoms with Gasteiger partial charge in [0, 0.05) is 11.4 Å². The van der Waals surface area contributed by atoms with Crippen LogP contribution in [0.4, 0.5) is 0 Å². The molecule has 0 saturated carbocycles. The molecule has 0 fully saturated rings. The molecule has 142 valence electrons. The van der Waals surface area contributed by atoms with Crippen LogP contribution >= 0.6 is 0 Å². The SMILES string of the molecule is CC(C)N(O)CC(O)COc1cccc2ccccc12.O=C(O)C(=O)O. The summed E-state index contributed by atoms with van der Waals surface area (Å²) in [7, 11) is 0. The summed E-state index contributed by atoms with van der Waals surface area (Å²) >= 11 is 0. The first-order valence-electron chi connectivity index (χ1n) is 7.92. The number of aliphatic hydroxyl groups excluding tert-OH is 1. The monoisotopic (exact) mass is 365 g/mol. The van der Waals surface area contributed by atoms with Crippen LogP contribution in [0.5, 0.6) is 5.75 Å². The van der Waals surface area contributed by atoms with Crippen molar-refractivity contribution in [3.8, 4) is 5.75 Å². The summed E-state index contributed by atoms with van der Waals surface area (Å²) in [4.78, 5) is 18.2. The number of rotatable bonds is 6. The molecule has 8 nitrogen and oxygen atoms in total. The molecule has 0 aliphatic heterocycles. The molecule has 0 spiro atoms. The molecule has 2 rings (SSSR count). The van der Waals surface area contributed by atoms with Gasteiger partial charge in [-0.2, -0.15) is 5.06 Å². The predicted molar refractivity (Wildman–Crippen MR) is 94.3 cm³/mol. The smallest absolute Gasteiger partial charge is 0.414 e. The van der Waals surface area contributed by atoms with E-state index >= 15 is 0 Å². The first-order chi connectivity index (χ1) is 12.2. The highest BCUT2D eigenvalue weighted by Gasteiger charge is 2.13. The van der Waals surface area contributed by atoms with Gasteiger partial charge in [0.15, 0.2) is 0 Å². The van der Waals surface area contributed by atoms with Crippen LogP contribution in [0.1, 0.15) is 13.8 Å². The lowest BCUT2D eigenvalue weighted by molar-refractivity contribution is -0.159. The van der Waals surface area contributed by atoms with Gasteiger partial charge in [-0.1, -0.05) is 36.4 Å². The van der Waals surface area contributed by atoms with Crippen molar-refractivity contribution >= 4 is 22.7 Å². The number of fused-ring (bicyclic) bond motifs is 1. The third kappa shape index (κ3) is 7.06. The Morgan fingerprint density at radius 1 is 1.04 bits per heavy atom. The van der Waals surface area contributed by atoms with Crippen molar-refractivity contribution in [2.45, 2.75) is 26.0 Å². The Labute approximate surface area is 150 Å². The van der Waals surface area contributed by atoms with Crippen LogP contribution < -0.4 is 4.74 Å². The Balaban J connectivity index is 0.000000487. The number of carbonyl (C=O) groups is 2. The predicted octanol–water partition coefficient (Wildman–Crippen LogP) is 1.83. The zero-order valence-electron chi connectivity index (χ0n) is 14.6. The third-order valence-corrected chi connectivity index (χ3v) is 3.36. The number of hydroxylamine groups is 2. The van der Waals surface area contributed by atoms with Crippen LogP contribution in [0.3, 0.4) is 0 Å². The summed E-state index contributed by atoms with van der Waals surface area (Å²) in [6.07, 6.45) is -0.735. The summed E-state index contributed by atoms with van der Waals surface area (Å²) < 4.78 is 5.67. The molecule has 1 unspecified atom stereocenters. The largest absolute Gasteiger partial charge is 0.490 e. The van der Waals surface area contributed by atoms with Gasteiger partial charge in [-0.05, 0) is 25.3 Å². The van der Waals surface area contributed by atoms with Crippen LogP contribution in [-0.4, -0.2) is 62.8 Å². The first kappa shape index (κ1) is 21.4. The Morgan fingerprint density at radius 2 is 1.62 bits per heavy atom. The average molecular weight is 365 g/mol. The minimum Gasteiger partial charge on any atom is -0.490 e. The molecule has 0 amide bonds. The number of aliphatic hydroxyl groups is 1. The highest BCUT2D eigenvalue weighted by atomic mass is 16.5. The molecular formula is C18H23NO7. The number of benzene rings is 2. The highest BCUT2D eigenvalue weighted by molar-refractivity contribution is 6.27. The number of ether oxygens (including phenoxy) is 1. The van der Waals surface area contributed by atoms with Crippen molar-refractivity contribution in [2.75, 3.05) is 13.2 Å². The fourth-order valence-electron chi connectivity index (χ4n) is 1.99. The molecule has 4 N–H and O–H groups in total. The Hall–Kier alpha value is -2.68. The van der Waals surface area contributed by atoms with Gasteiger partial charge >= 0.3 is 11.9 Å². The van der Waals surface area contributed by atoms with Gasteiger partial charge in [-0.25, -0.2) is 9.59 Å². The molecule has 8 heteroatoms. The Kier molecular flexibility index (Phi) is 8.50. The van der Waals surface area contributed by atoms with E-state index in [2.05, 4.69) is 0 Å². The van der Waals surface area contributed by atoms with E-state index in [0.29, 0.717) is 0 Å². The molecule has 0 saturated heterocycles. The number of carboxylic acids is 2. The van der Waals surface area contributed by atoms with Crippen molar-refractivity contribution in [3.05, 3.63) is 42.5 Å². The summed E-state index contributed by atoms with van der Waals surface area (Å²) in [5, 5.41) is 37.5. The number of hydrogen-bond acceptors (Lipinski definition) is 6. The quantitative estimate of drug-likeness (QED) is 0.451.